The van der Waals surface area contributed by atoms with Crippen LogP contribution in [-0.2, 0) is 0 Å². The lowest BCUT2D eigenvalue weighted by Gasteiger charge is -2.23. The summed E-state index contributed by atoms with van der Waals surface area (Å²) in [6.45, 7) is 5.06. The number of ether oxygens (including phenoxy) is 1. The summed E-state index contributed by atoms with van der Waals surface area (Å²) in [5, 5.41) is 13.2. The second-order valence-corrected chi connectivity index (χ2v) is 6.40. The highest BCUT2D eigenvalue weighted by atomic mass is 19.1. The van der Waals surface area contributed by atoms with Crippen molar-refractivity contribution in [1.82, 2.24) is 0 Å². The van der Waals surface area contributed by atoms with Crippen molar-refractivity contribution in [1.29, 1.82) is 0 Å². The topological polar surface area (TPSA) is 44.7 Å². The van der Waals surface area contributed by atoms with E-state index in [0.717, 1.165) is 17.9 Å². The molecule has 1 aliphatic heterocycles. The molecule has 0 unspecified atom stereocenters. The Balaban J connectivity index is 1.76. The largest absolute Gasteiger partial charge is 0.457 e. The first-order valence-corrected chi connectivity index (χ1v) is 7.69. The van der Waals surface area contributed by atoms with Crippen LogP contribution < -0.4 is 15.0 Å². The first kappa shape index (κ1) is 15.6. The number of hydrogen-bond donors (Lipinski definition) is 2. The van der Waals surface area contributed by atoms with Crippen LogP contribution in [0.3, 0.4) is 0 Å². The van der Waals surface area contributed by atoms with E-state index in [1.54, 1.807) is 26.0 Å². The molecule has 4 nitrogen and oxygen atoms in total. The van der Waals surface area contributed by atoms with E-state index in [0.29, 0.717) is 24.6 Å². The molecule has 0 atom stereocenters. The van der Waals surface area contributed by atoms with Gasteiger partial charge in [-0.25, -0.2) is 4.39 Å². The Morgan fingerprint density at radius 1 is 1.22 bits per heavy atom. The van der Waals surface area contributed by atoms with Crippen LogP contribution in [0.25, 0.3) is 0 Å². The quantitative estimate of drug-likeness (QED) is 0.876. The molecule has 2 aromatic rings. The Morgan fingerprint density at radius 2 is 2.00 bits per heavy atom. The van der Waals surface area contributed by atoms with Crippen LogP contribution in [0.2, 0.25) is 0 Å². The second-order valence-electron chi connectivity index (χ2n) is 6.40. The Morgan fingerprint density at radius 3 is 2.74 bits per heavy atom. The fraction of sp³-hybridized carbons (Fsp3) is 0.333. The van der Waals surface area contributed by atoms with Gasteiger partial charge in [-0.05, 0) is 44.5 Å². The zero-order valence-electron chi connectivity index (χ0n) is 13.3. The van der Waals surface area contributed by atoms with Crippen LogP contribution in [0, 0.1) is 5.82 Å². The van der Waals surface area contributed by atoms with E-state index in [4.69, 9.17) is 4.74 Å². The molecule has 5 heteroatoms. The van der Waals surface area contributed by atoms with Crippen LogP contribution in [-0.4, -0.2) is 23.9 Å². The van der Waals surface area contributed by atoms with Crippen LogP contribution in [0.5, 0.6) is 11.5 Å². The highest BCUT2D eigenvalue weighted by Crippen LogP contribution is 2.36. The summed E-state index contributed by atoms with van der Waals surface area (Å²) in [4.78, 5) is 2.16. The van der Waals surface area contributed by atoms with Gasteiger partial charge in [0.05, 0.1) is 23.6 Å². The third-order valence-electron chi connectivity index (χ3n) is 3.80. The molecule has 1 aliphatic rings. The van der Waals surface area contributed by atoms with Crippen LogP contribution in [0.1, 0.15) is 20.3 Å². The van der Waals surface area contributed by atoms with Crippen molar-refractivity contribution in [3.63, 3.8) is 0 Å². The van der Waals surface area contributed by atoms with E-state index < -0.39 is 5.60 Å². The molecule has 23 heavy (non-hydrogen) atoms. The predicted molar refractivity (Wildman–Crippen MR) is 89.7 cm³/mol. The van der Waals surface area contributed by atoms with E-state index >= 15 is 0 Å². The maximum absolute atomic E-state index is 13.2. The van der Waals surface area contributed by atoms with E-state index in [1.165, 1.54) is 12.1 Å². The second kappa shape index (κ2) is 6.08. The molecule has 0 aliphatic carbocycles. The van der Waals surface area contributed by atoms with E-state index in [2.05, 4.69) is 10.2 Å². The van der Waals surface area contributed by atoms with Crippen LogP contribution >= 0.6 is 0 Å². The minimum absolute atomic E-state index is 0.322. The van der Waals surface area contributed by atoms with Gasteiger partial charge >= 0.3 is 0 Å². The van der Waals surface area contributed by atoms with Gasteiger partial charge in [0, 0.05) is 18.7 Å². The summed E-state index contributed by atoms with van der Waals surface area (Å²) in [5.41, 5.74) is 1.37. The molecule has 0 spiro atoms. The summed E-state index contributed by atoms with van der Waals surface area (Å²) >= 11 is 0. The number of fused-ring (bicyclic) bond motifs is 1. The van der Waals surface area contributed by atoms with Crippen molar-refractivity contribution in [2.45, 2.75) is 25.9 Å². The fourth-order valence-corrected chi connectivity index (χ4v) is 2.53. The summed E-state index contributed by atoms with van der Waals surface area (Å²) in [5.74, 6) is 0.808. The summed E-state index contributed by atoms with van der Waals surface area (Å²) in [6, 6.07) is 11.8. The lowest BCUT2D eigenvalue weighted by Crippen LogP contribution is -2.30. The highest BCUT2D eigenvalue weighted by Gasteiger charge is 2.22. The van der Waals surface area contributed by atoms with Gasteiger partial charge in [-0.3, -0.25) is 0 Å². The number of aliphatic hydroxyl groups is 1. The van der Waals surface area contributed by atoms with Gasteiger partial charge in [-0.1, -0.05) is 6.07 Å². The molecule has 0 amide bonds. The van der Waals surface area contributed by atoms with E-state index in [-0.39, 0.29) is 5.82 Å². The summed E-state index contributed by atoms with van der Waals surface area (Å²) in [7, 11) is 0. The Bertz CT molecular complexity index is 698. The highest BCUT2D eigenvalue weighted by molar-refractivity contribution is 5.76. The lowest BCUT2D eigenvalue weighted by atomic mass is 10.1. The molecule has 0 saturated heterocycles. The molecule has 1 heterocycles. The van der Waals surface area contributed by atoms with E-state index in [1.807, 2.05) is 18.2 Å². The van der Waals surface area contributed by atoms with Crippen LogP contribution in [0.15, 0.2) is 42.5 Å². The van der Waals surface area contributed by atoms with Crippen molar-refractivity contribution >= 4 is 11.4 Å². The number of rotatable bonds is 5. The van der Waals surface area contributed by atoms with Gasteiger partial charge in [-0.15, -0.1) is 0 Å². The molecule has 0 bridgehead atoms. The normalized spacial score (nSPS) is 13.7. The van der Waals surface area contributed by atoms with Gasteiger partial charge in [0.25, 0.3) is 0 Å². The molecule has 3 rings (SSSR count). The maximum Gasteiger partial charge on any atom is 0.130 e. The Labute approximate surface area is 135 Å². The lowest BCUT2D eigenvalue weighted by molar-refractivity contribution is 0.0732. The number of halogens is 1. The SMILES string of the molecule is CC(C)(O)CCN1CNc2ccc(Oc3cccc(F)c3)cc21. The summed E-state index contributed by atoms with van der Waals surface area (Å²) in [6.07, 6.45) is 0.670. The number of nitrogens with one attached hydrogen (secondary N) is 1. The smallest absolute Gasteiger partial charge is 0.130 e. The number of anilines is 2. The number of nitrogens with zero attached hydrogens (tertiary/aromatic N) is 1. The average molecular weight is 316 g/mol. The molecule has 122 valence electrons. The van der Waals surface area contributed by atoms with Gasteiger partial charge in [-0.2, -0.15) is 0 Å². The third kappa shape index (κ3) is 3.93. The Kier molecular flexibility index (Phi) is 4.13. The van der Waals surface area contributed by atoms with Gasteiger partial charge < -0.3 is 20.1 Å². The minimum Gasteiger partial charge on any atom is -0.457 e. The zero-order valence-corrected chi connectivity index (χ0v) is 13.3. The summed E-state index contributed by atoms with van der Waals surface area (Å²) < 4.78 is 19.0. The molecular formula is C18H21FN2O2. The monoisotopic (exact) mass is 316 g/mol. The predicted octanol–water partition coefficient (Wildman–Crippen LogP) is 3.97. The van der Waals surface area contributed by atoms with Gasteiger partial charge in [0.15, 0.2) is 0 Å². The van der Waals surface area contributed by atoms with Crippen LogP contribution in [0.4, 0.5) is 15.8 Å². The third-order valence-corrected chi connectivity index (χ3v) is 3.80. The minimum atomic E-state index is -0.696. The Hall–Kier alpha value is -2.27. The molecular weight excluding hydrogens is 295 g/mol. The zero-order chi connectivity index (χ0) is 16.4. The van der Waals surface area contributed by atoms with Crippen molar-refractivity contribution < 1.29 is 14.2 Å². The van der Waals surface area contributed by atoms with Gasteiger partial charge in [0.2, 0.25) is 0 Å². The number of hydrogen-bond acceptors (Lipinski definition) is 4. The van der Waals surface area contributed by atoms with Crippen molar-refractivity contribution in [2.75, 3.05) is 23.4 Å². The average Bonchev–Trinajstić information content (AvgIpc) is 2.87. The van der Waals surface area contributed by atoms with Crippen molar-refractivity contribution in [2.24, 2.45) is 0 Å². The maximum atomic E-state index is 13.2. The van der Waals surface area contributed by atoms with Crippen molar-refractivity contribution in [3.8, 4) is 11.5 Å². The first-order chi connectivity index (χ1) is 10.9. The fourth-order valence-electron chi connectivity index (χ4n) is 2.53. The number of benzene rings is 2. The van der Waals surface area contributed by atoms with Gasteiger partial charge in [0.1, 0.15) is 17.3 Å². The standard InChI is InChI=1S/C18H21FN2O2/c1-18(2,22)8-9-21-12-20-16-7-6-15(11-17(16)21)23-14-5-3-4-13(19)10-14/h3-7,10-11,20,22H,8-9,12H2,1-2H3. The molecule has 0 radical (unpaired) electrons. The molecule has 2 aromatic carbocycles. The molecule has 0 fully saturated rings. The first-order valence-electron chi connectivity index (χ1n) is 7.69. The molecule has 2 N–H and O–H groups in total. The van der Waals surface area contributed by atoms with Crippen molar-refractivity contribution in [3.05, 3.63) is 48.3 Å². The van der Waals surface area contributed by atoms with E-state index in [9.17, 15) is 9.50 Å². The molecule has 0 aromatic heterocycles. The molecule has 0 saturated carbocycles.